The summed E-state index contributed by atoms with van der Waals surface area (Å²) >= 11 is 0. The highest BCUT2D eigenvalue weighted by Crippen LogP contribution is 2.23. The van der Waals surface area contributed by atoms with E-state index in [1.807, 2.05) is 6.07 Å². The molecule has 1 aromatic heterocycles. The molecular weight excluding hydrogens is 269 g/mol. The first-order valence-electron chi connectivity index (χ1n) is 6.34. The zero-order valence-corrected chi connectivity index (χ0v) is 11.0. The number of nitrogens with one attached hydrogen (secondary N) is 1. The maximum absolute atomic E-state index is 13.7. The molecule has 0 aliphatic rings. The van der Waals surface area contributed by atoms with Crippen LogP contribution in [0, 0.1) is 5.82 Å². The molecule has 0 fully saturated rings. The van der Waals surface area contributed by atoms with Gasteiger partial charge in [-0.05, 0) is 30.3 Å². The van der Waals surface area contributed by atoms with E-state index in [0.29, 0.717) is 11.4 Å². The number of nitrogens with zero attached hydrogens (tertiary/aromatic N) is 1. The van der Waals surface area contributed by atoms with Crippen LogP contribution < -0.4 is 11.1 Å². The zero-order valence-electron chi connectivity index (χ0n) is 11.0. The van der Waals surface area contributed by atoms with Crippen LogP contribution >= 0.6 is 0 Å². The normalized spacial score (nSPS) is 10.5. The molecule has 1 heterocycles. The summed E-state index contributed by atoms with van der Waals surface area (Å²) in [6.07, 6.45) is 3.34. The van der Waals surface area contributed by atoms with E-state index >= 15 is 0 Å². The Bertz CT molecular complexity index is 827. The van der Waals surface area contributed by atoms with Gasteiger partial charge in [0.1, 0.15) is 5.82 Å². The number of halogens is 1. The molecule has 0 atom stereocenters. The molecule has 104 valence electrons. The number of hydrogen-bond acceptors (Lipinski definition) is 3. The van der Waals surface area contributed by atoms with Gasteiger partial charge in [-0.15, -0.1) is 0 Å². The van der Waals surface area contributed by atoms with E-state index in [9.17, 15) is 9.18 Å². The van der Waals surface area contributed by atoms with Gasteiger partial charge in [0.15, 0.2) is 0 Å². The molecule has 0 bridgehead atoms. The van der Waals surface area contributed by atoms with Crippen molar-refractivity contribution in [2.45, 2.75) is 0 Å². The fourth-order valence-corrected chi connectivity index (χ4v) is 2.14. The Morgan fingerprint density at radius 1 is 1.19 bits per heavy atom. The highest BCUT2D eigenvalue weighted by Gasteiger charge is 2.13. The molecule has 0 aliphatic carbocycles. The molecule has 5 heteroatoms. The van der Waals surface area contributed by atoms with Gasteiger partial charge in [0.25, 0.3) is 5.91 Å². The number of hydrogen-bond donors (Lipinski definition) is 2. The van der Waals surface area contributed by atoms with Crippen LogP contribution in [0.25, 0.3) is 10.8 Å². The third-order valence-electron chi connectivity index (χ3n) is 3.16. The van der Waals surface area contributed by atoms with Gasteiger partial charge in [0.2, 0.25) is 0 Å². The second kappa shape index (κ2) is 5.20. The minimum absolute atomic E-state index is 0.0824. The summed E-state index contributed by atoms with van der Waals surface area (Å²) < 4.78 is 13.7. The Kier molecular flexibility index (Phi) is 3.23. The average Bonchev–Trinajstić information content (AvgIpc) is 2.50. The quantitative estimate of drug-likeness (QED) is 0.709. The minimum atomic E-state index is -0.608. The van der Waals surface area contributed by atoms with E-state index in [4.69, 9.17) is 5.73 Å². The molecule has 3 aromatic rings. The summed E-state index contributed by atoms with van der Waals surface area (Å²) in [6.45, 7) is 0. The first kappa shape index (κ1) is 13.1. The van der Waals surface area contributed by atoms with Crippen LogP contribution in [0.4, 0.5) is 15.8 Å². The van der Waals surface area contributed by atoms with Gasteiger partial charge in [-0.3, -0.25) is 9.78 Å². The summed E-state index contributed by atoms with van der Waals surface area (Å²) in [5.41, 5.74) is 6.45. The van der Waals surface area contributed by atoms with Crippen molar-refractivity contribution in [3.8, 4) is 0 Å². The lowest BCUT2D eigenvalue weighted by Gasteiger charge is -2.09. The maximum Gasteiger partial charge on any atom is 0.258 e. The lowest BCUT2D eigenvalue weighted by Crippen LogP contribution is -2.14. The molecular formula is C16H12FN3O. The average molecular weight is 281 g/mol. The number of fused-ring (bicyclic) bond motifs is 1. The predicted molar refractivity (Wildman–Crippen MR) is 80.5 cm³/mol. The smallest absolute Gasteiger partial charge is 0.258 e. The van der Waals surface area contributed by atoms with Crippen LogP contribution in [0.15, 0.2) is 54.9 Å². The van der Waals surface area contributed by atoms with Crippen LogP contribution in [0.5, 0.6) is 0 Å². The zero-order chi connectivity index (χ0) is 14.8. The second-order valence-electron chi connectivity index (χ2n) is 4.60. The Labute approximate surface area is 120 Å². The summed E-state index contributed by atoms with van der Waals surface area (Å²) in [6, 6.07) is 11.1. The van der Waals surface area contributed by atoms with Crippen LogP contribution in [-0.4, -0.2) is 10.9 Å². The van der Waals surface area contributed by atoms with E-state index in [2.05, 4.69) is 10.3 Å². The molecule has 0 saturated heterocycles. The van der Waals surface area contributed by atoms with Crippen LogP contribution in [0.1, 0.15) is 10.4 Å². The van der Waals surface area contributed by atoms with Crippen molar-refractivity contribution in [1.82, 2.24) is 4.98 Å². The number of nitrogens with two attached hydrogens (primary N) is 1. The van der Waals surface area contributed by atoms with E-state index < -0.39 is 11.7 Å². The van der Waals surface area contributed by atoms with Crippen molar-refractivity contribution in [2.24, 2.45) is 0 Å². The number of aromatic nitrogens is 1. The van der Waals surface area contributed by atoms with E-state index in [1.54, 1.807) is 30.6 Å². The molecule has 0 radical (unpaired) electrons. The number of amides is 1. The van der Waals surface area contributed by atoms with Crippen LogP contribution in [-0.2, 0) is 0 Å². The molecule has 0 spiro atoms. The first-order valence-corrected chi connectivity index (χ1v) is 6.34. The van der Waals surface area contributed by atoms with Crippen molar-refractivity contribution in [1.29, 1.82) is 0 Å². The van der Waals surface area contributed by atoms with Gasteiger partial charge >= 0.3 is 0 Å². The van der Waals surface area contributed by atoms with Crippen molar-refractivity contribution in [3.63, 3.8) is 0 Å². The molecule has 21 heavy (non-hydrogen) atoms. The second-order valence-corrected chi connectivity index (χ2v) is 4.60. The monoisotopic (exact) mass is 281 g/mol. The Balaban J connectivity index is 1.99. The molecule has 1 amide bonds. The molecule has 3 N–H and O–H groups in total. The number of anilines is 2. The van der Waals surface area contributed by atoms with Gasteiger partial charge in [0.05, 0.1) is 5.56 Å². The van der Waals surface area contributed by atoms with Crippen molar-refractivity contribution >= 4 is 28.1 Å². The van der Waals surface area contributed by atoms with Crippen molar-refractivity contribution in [2.75, 3.05) is 11.1 Å². The molecule has 0 saturated carbocycles. The van der Waals surface area contributed by atoms with Gasteiger partial charge in [0, 0.05) is 34.5 Å². The number of carbonyl (C=O) groups excluding carboxylic acids is 1. The number of rotatable bonds is 2. The van der Waals surface area contributed by atoms with Gasteiger partial charge < -0.3 is 11.1 Å². The van der Waals surface area contributed by atoms with Gasteiger partial charge in [-0.2, -0.15) is 0 Å². The first-order chi connectivity index (χ1) is 10.1. The number of benzene rings is 2. The molecule has 0 unspecified atom stereocenters. The number of carbonyl (C=O) groups is 1. The molecule has 3 rings (SSSR count). The Morgan fingerprint density at radius 3 is 2.90 bits per heavy atom. The van der Waals surface area contributed by atoms with Crippen LogP contribution in [0.2, 0.25) is 0 Å². The van der Waals surface area contributed by atoms with Gasteiger partial charge in [-0.1, -0.05) is 12.1 Å². The third-order valence-corrected chi connectivity index (χ3v) is 3.16. The van der Waals surface area contributed by atoms with E-state index in [-0.39, 0.29) is 5.56 Å². The molecule has 4 nitrogen and oxygen atoms in total. The largest absolute Gasteiger partial charge is 0.399 e. The SMILES string of the molecule is Nc1ccc(F)c(C(=O)Nc2cccc3cnccc23)c1. The number of nitrogen functional groups attached to an aromatic ring is 1. The topological polar surface area (TPSA) is 68.0 Å². The maximum atomic E-state index is 13.7. The fourth-order valence-electron chi connectivity index (χ4n) is 2.14. The molecule has 0 aliphatic heterocycles. The highest BCUT2D eigenvalue weighted by atomic mass is 19.1. The van der Waals surface area contributed by atoms with Crippen LogP contribution in [0.3, 0.4) is 0 Å². The van der Waals surface area contributed by atoms with Crippen molar-refractivity contribution in [3.05, 3.63) is 66.2 Å². The third kappa shape index (κ3) is 2.53. The number of pyridine rings is 1. The predicted octanol–water partition coefficient (Wildman–Crippen LogP) is 3.21. The van der Waals surface area contributed by atoms with E-state index in [0.717, 1.165) is 10.8 Å². The fraction of sp³-hybridized carbons (Fsp3) is 0. The highest BCUT2D eigenvalue weighted by molar-refractivity contribution is 6.09. The lowest BCUT2D eigenvalue weighted by atomic mass is 10.1. The summed E-state index contributed by atoms with van der Waals surface area (Å²) in [5.74, 6) is -1.15. The summed E-state index contributed by atoms with van der Waals surface area (Å²) in [7, 11) is 0. The minimum Gasteiger partial charge on any atom is -0.399 e. The van der Waals surface area contributed by atoms with Gasteiger partial charge in [-0.25, -0.2) is 4.39 Å². The van der Waals surface area contributed by atoms with Crippen molar-refractivity contribution < 1.29 is 9.18 Å². The summed E-state index contributed by atoms with van der Waals surface area (Å²) in [4.78, 5) is 16.2. The Morgan fingerprint density at radius 2 is 2.05 bits per heavy atom. The standard InChI is InChI=1S/C16H12FN3O/c17-14-5-4-11(18)8-13(14)16(21)20-15-3-1-2-10-9-19-7-6-12(10)15/h1-9H,18H2,(H,20,21). The lowest BCUT2D eigenvalue weighted by molar-refractivity contribution is 0.102. The van der Waals surface area contributed by atoms with E-state index in [1.165, 1.54) is 18.2 Å². The summed E-state index contributed by atoms with van der Waals surface area (Å²) in [5, 5.41) is 4.44. The molecule has 2 aromatic carbocycles. The Hall–Kier alpha value is -2.95.